The summed E-state index contributed by atoms with van der Waals surface area (Å²) in [5, 5.41) is 22.1. The molecule has 2 heterocycles. The van der Waals surface area contributed by atoms with E-state index in [1.54, 1.807) is 12.3 Å². The van der Waals surface area contributed by atoms with Gasteiger partial charge in [0.25, 0.3) is 5.91 Å². The molecule has 1 fully saturated rings. The third kappa shape index (κ3) is 4.81. The molecule has 5 rings (SSSR count). The molecule has 0 spiro atoms. The van der Waals surface area contributed by atoms with Crippen molar-refractivity contribution in [3.63, 3.8) is 0 Å². The molecular formula is C26H27F2N5O3. The predicted octanol–water partition coefficient (Wildman–Crippen LogP) is 3.83. The third-order valence-corrected chi connectivity index (χ3v) is 6.87. The molecule has 2 aliphatic rings. The monoisotopic (exact) mass is 495 g/mol. The van der Waals surface area contributed by atoms with E-state index in [4.69, 9.17) is 0 Å². The van der Waals surface area contributed by atoms with Gasteiger partial charge in [-0.15, -0.1) is 0 Å². The Kier molecular flexibility index (Phi) is 6.69. The number of aromatic amines is 1. The maximum Gasteiger partial charge on any atom is 0.322 e. The fourth-order valence-electron chi connectivity index (χ4n) is 4.99. The maximum absolute atomic E-state index is 14.8. The normalized spacial score (nSPS) is 16.1. The number of amides is 3. The van der Waals surface area contributed by atoms with Gasteiger partial charge in [0.1, 0.15) is 11.6 Å². The summed E-state index contributed by atoms with van der Waals surface area (Å²) in [7, 11) is 0. The summed E-state index contributed by atoms with van der Waals surface area (Å²) in [4.78, 5) is 27.2. The number of benzene rings is 2. The third-order valence-electron chi connectivity index (χ3n) is 6.87. The molecule has 1 aliphatic heterocycles. The Hall–Kier alpha value is -3.79. The lowest BCUT2D eigenvalue weighted by atomic mass is 10.0. The molecule has 2 aromatic carbocycles. The minimum Gasteiger partial charge on any atom is -0.394 e. The number of rotatable bonds is 6. The summed E-state index contributed by atoms with van der Waals surface area (Å²) in [6.07, 6.45) is 7.53. The number of aromatic nitrogens is 2. The van der Waals surface area contributed by atoms with Crippen molar-refractivity contribution in [1.82, 2.24) is 20.8 Å². The minimum absolute atomic E-state index is 0.0715. The smallest absolute Gasteiger partial charge is 0.322 e. The van der Waals surface area contributed by atoms with Gasteiger partial charge in [0.2, 0.25) is 0 Å². The summed E-state index contributed by atoms with van der Waals surface area (Å²) >= 11 is 0. The highest BCUT2D eigenvalue weighted by Crippen LogP contribution is 2.34. The second-order valence-electron chi connectivity index (χ2n) is 9.26. The van der Waals surface area contributed by atoms with Crippen LogP contribution in [0.2, 0.25) is 0 Å². The van der Waals surface area contributed by atoms with E-state index in [9.17, 15) is 23.5 Å². The second kappa shape index (κ2) is 10.1. The molecule has 1 atom stereocenters. The Morgan fingerprint density at radius 3 is 2.69 bits per heavy atom. The standard InChI is InChI=1S/C26H27F2N5O3/c27-19-8-16(7-17(9-19)25(35)31-20-3-1-2-4-20)23(14-34)32-26(36)33-6-5-15-10-21(18-12-29-30-13-18)22(28)11-24(15)33/h7-13,20,23,34H,1-6,14H2,(H,29,30)(H,31,35)(H,32,36)/t23-/m1/s1. The molecule has 10 heteroatoms. The zero-order valence-corrected chi connectivity index (χ0v) is 19.6. The van der Waals surface area contributed by atoms with Gasteiger partial charge in [-0.1, -0.05) is 12.8 Å². The number of carbonyl (C=O) groups excluding carboxylic acids is 2. The SMILES string of the molecule is O=C(NC1CCCC1)c1cc(F)cc([C@@H](CO)NC(=O)N2CCc3cc(-c4cn[nH]c4)c(F)cc32)c1. The van der Waals surface area contributed by atoms with Gasteiger partial charge in [-0.05, 0) is 60.7 Å². The molecular weight excluding hydrogens is 468 g/mol. The van der Waals surface area contributed by atoms with E-state index in [-0.39, 0.29) is 23.1 Å². The molecule has 0 bridgehead atoms. The predicted molar refractivity (Wildman–Crippen MR) is 130 cm³/mol. The molecule has 3 aromatic rings. The number of halogens is 2. The van der Waals surface area contributed by atoms with E-state index in [0.29, 0.717) is 29.8 Å². The summed E-state index contributed by atoms with van der Waals surface area (Å²) in [5.74, 6) is -1.52. The quantitative estimate of drug-likeness (QED) is 0.417. The Morgan fingerprint density at radius 2 is 1.97 bits per heavy atom. The van der Waals surface area contributed by atoms with Gasteiger partial charge in [0.05, 0.1) is 24.5 Å². The molecule has 8 nitrogen and oxygen atoms in total. The van der Waals surface area contributed by atoms with Crippen LogP contribution in [0, 0.1) is 11.6 Å². The summed E-state index contributed by atoms with van der Waals surface area (Å²) in [6.45, 7) is -0.181. The number of hydrogen-bond acceptors (Lipinski definition) is 4. The van der Waals surface area contributed by atoms with Crippen LogP contribution in [0.15, 0.2) is 42.7 Å². The lowest BCUT2D eigenvalue weighted by molar-refractivity contribution is 0.0937. The first-order valence-corrected chi connectivity index (χ1v) is 12.0. The number of fused-ring (bicyclic) bond motifs is 1. The minimum atomic E-state index is -0.953. The van der Waals surface area contributed by atoms with Crippen LogP contribution >= 0.6 is 0 Å². The first kappa shape index (κ1) is 23.9. The van der Waals surface area contributed by atoms with Crippen molar-refractivity contribution in [2.45, 2.75) is 44.2 Å². The summed E-state index contributed by atoms with van der Waals surface area (Å²) in [6, 6.07) is 5.38. The van der Waals surface area contributed by atoms with Crippen LogP contribution in [-0.4, -0.2) is 46.4 Å². The molecule has 36 heavy (non-hydrogen) atoms. The van der Waals surface area contributed by atoms with Crippen LogP contribution < -0.4 is 15.5 Å². The van der Waals surface area contributed by atoms with E-state index in [1.165, 1.54) is 29.3 Å². The van der Waals surface area contributed by atoms with Crippen molar-refractivity contribution in [2.75, 3.05) is 18.1 Å². The number of aliphatic hydroxyl groups is 1. The zero-order valence-electron chi connectivity index (χ0n) is 19.6. The van der Waals surface area contributed by atoms with Gasteiger partial charge >= 0.3 is 6.03 Å². The van der Waals surface area contributed by atoms with Crippen molar-refractivity contribution >= 4 is 17.6 Å². The van der Waals surface area contributed by atoms with E-state index in [0.717, 1.165) is 37.3 Å². The van der Waals surface area contributed by atoms with Crippen molar-refractivity contribution < 1.29 is 23.5 Å². The van der Waals surface area contributed by atoms with Crippen LogP contribution in [0.25, 0.3) is 11.1 Å². The molecule has 3 amide bonds. The molecule has 1 saturated carbocycles. The summed E-state index contributed by atoms with van der Waals surface area (Å²) < 4.78 is 29.2. The molecule has 0 radical (unpaired) electrons. The number of hydrogen-bond donors (Lipinski definition) is 4. The molecule has 1 aromatic heterocycles. The lowest BCUT2D eigenvalue weighted by Gasteiger charge is -2.23. The van der Waals surface area contributed by atoms with Gasteiger partial charge in [-0.3, -0.25) is 14.8 Å². The van der Waals surface area contributed by atoms with E-state index >= 15 is 0 Å². The van der Waals surface area contributed by atoms with E-state index < -0.39 is 30.3 Å². The highest BCUT2D eigenvalue weighted by atomic mass is 19.1. The van der Waals surface area contributed by atoms with Crippen LogP contribution in [0.3, 0.4) is 0 Å². The number of urea groups is 1. The maximum atomic E-state index is 14.8. The average Bonchev–Trinajstić information content (AvgIpc) is 3.63. The Labute approximate surface area is 206 Å². The Morgan fingerprint density at radius 1 is 1.17 bits per heavy atom. The number of carbonyl (C=O) groups is 2. The molecule has 188 valence electrons. The van der Waals surface area contributed by atoms with Gasteiger partial charge in [0, 0.05) is 35.5 Å². The van der Waals surface area contributed by atoms with Gasteiger partial charge in [-0.25, -0.2) is 13.6 Å². The van der Waals surface area contributed by atoms with E-state index in [1.807, 2.05) is 0 Å². The van der Waals surface area contributed by atoms with Crippen LogP contribution in [0.4, 0.5) is 19.3 Å². The molecule has 1 aliphatic carbocycles. The van der Waals surface area contributed by atoms with Crippen molar-refractivity contribution in [1.29, 1.82) is 0 Å². The fraction of sp³-hybridized carbons (Fsp3) is 0.346. The van der Waals surface area contributed by atoms with Crippen LogP contribution in [0.1, 0.15) is 53.2 Å². The zero-order chi connectivity index (χ0) is 25.2. The van der Waals surface area contributed by atoms with Crippen molar-refractivity contribution in [2.24, 2.45) is 0 Å². The van der Waals surface area contributed by atoms with Gasteiger partial charge < -0.3 is 15.7 Å². The summed E-state index contributed by atoms with van der Waals surface area (Å²) in [5.41, 5.74) is 2.64. The molecule has 0 saturated heterocycles. The molecule has 0 unspecified atom stereocenters. The lowest BCUT2D eigenvalue weighted by Crippen LogP contribution is -2.42. The first-order chi connectivity index (χ1) is 17.4. The average molecular weight is 496 g/mol. The Bertz CT molecular complexity index is 1270. The topological polar surface area (TPSA) is 110 Å². The largest absolute Gasteiger partial charge is 0.394 e. The van der Waals surface area contributed by atoms with Crippen molar-refractivity contribution in [3.8, 4) is 11.1 Å². The van der Waals surface area contributed by atoms with E-state index in [2.05, 4.69) is 20.8 Å². The van der Waals surface area contributed by atoms with Gasteiger partial charge in [0.15, 0.2) is 0 Å². The number of H-pyrrole nitrogens is 1. The number of nitrogens with zero attached hydrogens (tertiary/aromatic N) is 2. The number of anilines is 1. The number of aliphatic hydroxyl groups excluding tert-OH is 1. The van der Waals surface area contributed by atoms with Gasteiger partial charge in [-0.2, -0.15) is 5.10 Å². The van der Waals surface area contributed by atoms with Crippen LogP contribution in [-0.2, 0) is 6.42 Å². The second-order valence-corrected chi connectivity index (χ2v) is 9.26. The first-order valence-electron chi connectivity index (χ1n) is 12.0. The number of nitrogens with one attached hydrogen (secondary N) is 3. The Balaban J connectivity index is 1.33. The molecule has 4 N–H and O–H groups in total. The van der Waals surface area contributed by atoms with Crippen LogP contribution in [0.5, 0.6) is 0 Å². The highest BCUT2D eigenvalue weighted by Gasteiger charge is 2.29. The highest BCUT2D eigenvalue weighted by molar-refractivity contribution is 5.96. The van der Waals surface area contributed by atoms with Crippen molar-refractivity contribution in [3.05, 3.63) is 71.1 Å². The fourth-order valence-corrected chi connectivity index (χ4v) is 4.99.